The van der Waals surface area contributed by atoms with E-state index in [-0.39, 0.29) is 17.0 Å². The molecular weight excluding hydrogens is 685 g/mol. The molecule has 2 heterocycles. The van der Waals surface area contributed by atoms with Crippen LogP contribution in [-0.4, -0.2) is 19.1 Å². The number of hydrogen-bond donors (Lipinski definition) is 0. The summed E-state index contributed by atoms with van der Waals surface area (Å²) < 4.78 is 3.39. The molecule has 5 heteroatoms. The van der Waals surface area contributed by atoms with E-state index in [1.54, 1.807) is 9.13 Å². The van der Waals surface area contributed by atoms with Crippen molar-refractivity contribution < 1.29 is 0 Å². The van der Waals surface area contributed by atoms with Crippen molar-refractivity contribution in [2.45, 2.75) is 12.3 Å². The summed E-state index contributed by atoms with van der Waals surface area (Å²) in [4.78, 5) is 23.2. The first-order chi connectivity index (χ1) is 27.4. The van der Waals surface area contributed by atoms with E-state index in [1.807, 2.05) is 38.4 Å². The molecule has 6 aromatic carbocycles. The van der Waals surface area contributed by atoms with E-state index in [2.05, 4.69) is 146 Å². The van der Waals surface area contributed by atoms with Gasteiger partial charge in [-0.3, -0.25) is 9.13 Å². The van der Waals surface area contributed by atoms with Gasteiger partial charge in [0.25, 0.3) is 0 Å². The highest BCUT2D eigenvalue weighted by molar-refractivity contribution is 5.98. The van der Waals surface area contributed by atoms with Crippen molar-refractivity contribution in [3.63, 3.8) is 0 Å². The number of allylic oxidation sites excluding steroid dienone is 4. The third kappa shape index (κ3) is 4.45. The predicted octanol–water partition coefficient (Wildman–Crippen LogP) is 10.9. The largest absolute Gasteiger partial charge is 0.328 e. The van der Waals surface area contributed by atoms with Crippen LogP contribution in [0.5, 0.6) is 0 Å². The Morgan fingerprint density at radius 3 is 1.98 bits per heavy atom. The molecule has 56 heavy (non-hydrogen) atoms. The molecule has 5 nitrogen and oxygen atoms in total. The number of hydrogen-bond acceptors (Lipinski definition) is 3. The number of nitrogens with zero attached hydrogens (tertiary/aromatic N) is 4. The minimum Gasteiger partial charge on any atom is -0.295 e. The van der Waals surface area contributed by atoms with Crippen LogP contribution in [0.3, 0.4) is 0 Å². The van der Waals surface area contributed by atoms with Crippen LogP contribution < -0.4 is 5.69 Å². The van der Waals surface area contributed by atoms with Gasteiger partial charge in [-0.05, 0) is 74.2 Å². The number of rotatable bonds is 4. The van der Waals surface area contributed by atoms with Gasteiger partial charge in [-0.2, -0.15) is 0 Å². The molecule has 11 rings (SSSR count). The van der Waals surface area contributed by atoms with Gasteiger partial charge in [0, 0.05) is 36.7 Å². The number of aromatic nitrogens is 4. The normalized spacial score (nSPS) is 18.8. The summed E-state index contributed by atoms with van der Waals surface area (Å²) >= 11 is 0. The second-order valence-electron chi connectivity index (χ2n) is 15.5. The smallest absolute Gasteiger partial charge is 0.295 e. The lowest BCUT2D eigenvalue weighted by atomic mass is 9.62. The molecule has 0 radical (unpaired) electrons. The Morgan fingerprint density at radius 2 is 1.18 bits per heavy atom. The van der Waals surface area contributed by atoms with Gasteiger partial charge in [0.1, 0.15) is 0 Å². The van der Waals surface area contributed by atoms with Crippen LogP contribution in [0.4, 0.5) is 0 Å². The van der Waals surface area contributed by atoms with Crippen molar-refractivity contribution >= 4 is 16.6 Å². The molecule has 268 valence electrons. The Bertz CT molecular complexity index is 3040. The van der Waals surface area contributed by atoms with Gasteiger partial charge in [-0.15, -0.1) is 0 Å². The average Bonchev–Trinajstić information content (AvgIpc) is 3.81. The molecule has 2 aromatic heterocycles. The summed E-state index contributed by atoms with van der Waals surface area (Å²) in [5, 5.41) is 0. The van der Waals surface area contributed by atoms with E-state index in [9.17, 15) is 4.79 Å². The molecule has 1 spiro atoms. The van der Waals surface area contributed by atoms with Crippen molar-refractivity contribution in [2.75, 3.05) is 0 Å². The average molecular weight is 723 g/mol. The number of fused-ring (bicyclic) bond motifs is 11. The van der Waals surface area contributed by atoms with Crippen LogP contribution >= 0.6 is 0 Å². The maximum Gasteiger partial charge on any atom is 0.328 e. The number of imidazole rings is 1. The van der Waals surface area contributed by atoms with Gasteiger partial charge in [0.05, 0.1) is 27.8 Å². The molecule has 3 aliphatic carbocycles. The van der Waals surface area contributed by atoms with Crippen LogP contribution in [0.25, 0.3) is 72.8 Å². The lowest BCUT2D eigenvalue weighted by molar-refractivity contribution is 0.406. The Labute approximate surface area is 325 Å². The molecule has 0 saturated carbocycles. The molecule has 3 atom stereocenters. The highest BCUT2D eigenvalue weighted by Crippen LogP contribution is 2.67. The SMILES string of the molecule is CC1C=CC=C2c3ccccc3C3(c4ccccc4-c4c(-c5cc(-c6ccc(-c7ccc8c(c7)n(C)c(=O)n8C)cc6)nc(-c6ccccc6)n5)cccc43)C21. The minimum absolute atomic E-state index is 0.0284. The van der Waals surface area contributed by atoms with Crippen molar-refractivity contribution in [1.82, 2.24) is 19.1 Å². The summed E-state index contributed by atoms with van der Waals surface area (Å²) in [6.07, 6.45) is 6.97. The highest BCUT2D eigenvalue weighted by atomic mass is 16.1. The summed E-state index contributed by atoms with van der Waals surface area (Å²) in [5.41, 5.74) is 17.9. The molecule has 0 amide bonds. The maximum atomic E-state index is 12.6. The Balaban J connectivity index is 1.10. The van der Waals surface area contributed by atoms with Gasteiger partial charge >= 0.3 is 5.69 Å². The quantitative estimate of drug-likeness (QED) is 0.182. The lowest BCUT2D eigenvalue weighted by Gasteiger charge is -2.39. The highest BCUT2D eigenvalue weighted by Gasteiger charge is 2.58. The van der Waals surface area contributed by atoms with Crippen LogP contribution in [0, 0.1) is 11.8 Å². The van der Waals surface area contributed by atoms with Crippen LogP contribution in [0.15, 0.2) is 169 Å². The first-order valence-corrected chi connectivity index (χ1v) is 19.4. The third-order valence-corrected chi connectivity index (χ3v) is 12.6. The summed E-state index contributed by atoms with van der Waals surface area (Å²) in [5.74, 6) is 1.32. The standard InChI is InChI=1S/C51H38N4O/c1-31-13-11-18-37-36-16-7-9-20-40(36)51(48(31)37)41-21-10-8-17-38(41)47-39(19-12-22-42(47)51)44-30-43(52-49(53-44)34-14-5-4-6-15-34)33-25-23-32(24-26-33)35-27-28-45-46(29-35)55(3)50(56)54(45)2/h4-31,48H,1-3H3. The Morgan fingerprint density at radius 1 is 0.554 bits per heavy atom. The number of aryl methyl sites for hydroxylation is 2. The molecule has 8 aromatic rings. The lowest BCUT2D eigenvalue weighted by Crippen LogP contribution is -2.36. The molecule has 0 N–H and O–H groups in total. The fraction of sp³-hybridized carbons (Fsp3) is 0.118. The van der Waals surface area contributed by atoms with Gasteiger partial charge in [-0.25, -0.2) is 14.8 Å². The van der Waals surface area contributed by atoms with E-state index >= 15 is 0 Å². The van der Waals surface area contributed by atoms with Gasteiger partial charge in [-0.1, -0.05) is 153 Å². The topological polar surface area (TPSA) is 52.7 Å². The molecule has 0 saturated heterocycles. The number of benzene rings is 6. The van der Waals surface area contributed by atoms with E-state index in [1.165, 1.54) is 39.0 Å². The van der Waals surface area contributed by atoms with Crippen molar-refractivity contribution in [1.29, 1.82) is 0 Å². The zero-order chi connectivity index (χ0) is 37.7. The third-order valence-electron chi connectivity index (χ3n) is 12.6. The van der Waals surface area contributed by atoms with Crippen molar-refractivity contribution in [3.05, 3.63) is 197 Å². The van der Waals surface area contributed by atoms with E-state index in [0.717, 1.165) is 50.2 Å². The minimum atomic E-state index is -0.322. The molecule has 0 aliphatic heterocycles. The van der Waals surface area contributed by atoms with Crippen LogP contribution in [-0.2, 0) is 19.5 Å². The molecule has 0 bridgehead atoms. The maximum absolute atomic E-state index is 12.6. The van der Waals surface area contributed by atoms with Crippen LogP contribution in [0.1, 0.15) is 29.2 Å². The van der Waals surface area contributed by atoms with E-state index in [0.29, 0.717) is 11.7 Å². The zero-order valence-corrected chi connectivity index (χ0v) is 31.4. The van der Waals surface area contributed by atoms with Crippen molar-refractivity contribution in [2.24, 2.45) is 25.9 Å². The van der Waals surface area contributed by atoms with E-state index < -0.39 is 0 Å². The Kier molecular flexibility index (Phi) is 7.02. The molecule has 3 aliphatic rings. The molecule has 0 fully saturated rings. The summed E-state index contributed by atoms with van der Waals surface area (Å²) in [6, 6.07) is 52.2. The van der Waals surface area contributed by atoms with Crippen LogP contribution in [0.2, 0.25) is 0 Å². The molecule has 3 unspecified atom stereocenters. The zero-order valence-electron chi connectivity index (χ0n) is 31.4. The molecular formula is C51H38N4O. The van der Waals surface area contributed by atoms with Gasteiger partial charge < -0.3 is 0 Å². The second kappa shape index (κ2) is 12.1. The second-order valence-corrected chi connectivity index (χ2v) is 15.5. The monoisotopic (exact) mass is 722 g/mol. The summed E-state index contributed by atoms with van der Waals surface area (Å²) in [6.45, 7) is 2.38. The fourth-order valence-corrected chi connectivity index (χ4v) is 10.1. The fourth-order valence-electron chi connectivity index (χ4n) is 10.1. The first kappa shape index (κ1) is 32.6. The van der Waals surface area contributed by atoms with Gasteiger partial charge in [0.15, 0.2) is 5.82 Å². The summed E-state index contributed by atoms with van der Waals surface area (Å²) in [7, 11) is 3.64. The predicted molar refractivity (Wildman–Crippen MR) is 227 cm³/mol. The first-order valence-electron chi connectivity index (χ1n) is 19.4. The van der Waals surface area contributed by atoms with Crippen molar-refractivity contribution in [3.8, 4) is 56.2 Å². The Hall–Kier alpha value is -6.85. The van der Waals surface area contributed by atoms with Gasteiger partial charge in [0.2, 0.25) is 0 Å². The van der Waals surface area contributed by atoms with E-state index in [4.69, 9.17) is 9.97 Å².